The van der Waals surface area contributed by atoms with Crippen LogP contribution in [0, 0.1) is 20.2 Å². The van der Waals surface area contributed by atoms with Crippen molar-refractivity contribution in [3.63, 3.8) is 0 Å². The summed E-state index contributed by atoms with van der Waals surface area (Å²) >= 11 is 0. The second-order valence-electron chi connectivity index (χ2n) is 5.14. The standard InChI is InChI=1S/C14H21N3O5/c1-3-11-7-13(16(19)20)12(14(8-11)17(21)22)5-4-6-15-9-10(2)18/h7-8,10,15,18H,3-6,9H2,1-2H3. The molecule has 1 aromatic rings. The van der Waals surface area contributed by atoms with Crippen LogP contribution < -0.4 is 5.32 Å². The van der Waals surface area contributed by atoms with Gasteiger partial charge in [0.15, 0.2) is 0 Å². The molecule has 0 fully saturated rings. The molecule has 0 aliphatic heterocycles. The van der Waals surface area contributed by atoms with E-state index in [9.17, 15) is 20.2 Å². The van der Waals surface area contributed by atoms with Crippen molar-refractivity contribution in [1.82, 2.24) is 5.32 Å². The van der Waals surface area contributed by atoms with E-state index in [0.717, 1.165) is 0 Å². The number of rotatable bonds is 9. The molecule has 22 heavy (non-hydrogen) atoms. The minimum absolute atomic E-state index is 0.158. The monoisotopic (exact) mass is 311 g/mol. The second kappa shape index (κ2) is 8.40. The summed E-state index contributed by atoms with van der Waals surface area (Å²) in [5.41, 5.74) is 0.351. The Morgan fingerprint density at radius 1 is 1.23 bits per heavy atom. The van der Waals surface area contributed by atoms with E-state index >= 15 is 0 Å². The summed E-state index contributed by atoms with van der Waals surface area (Å²) in [5, 5.41) is 34.5. The molecule has 0 bridgehead atoms. The molecular formula is C14H21N3O5. The second-order valence-corrected chi connectivity index (χ2v) is 5.14. The van der Waals surface area contributed by atoms with Gasteiger partial charge in [0.05, 0.1) is 16.0 Å². The highest BCUT2D eigenvalue weighted by molar-refractivity contribution is 5.56. The van der Waals surface area contributed by atoms with E-state index in [1.54, 1.807) is 13.8 Å². The predicted molar refractivity (Wildman–Crippen MR) is 82.0 cm³/mol. The average molecular weight is 311 g/mol. The molecule has 0 spiro atoms. The molecule has 1 rings (SSSR count). The number of aliphatic hydroxyl groups is 1. The molecule has 1 atom stereocenters. The largest absolute Gasteiger partial charge is 0.392 e. The van der Waals surface area contributed by atoms with Crippen LogP contribution in [0.5, 0.6) is 0 Å². The highest BCUT2D eigenvalue weighted by Crippen LogP contribution is 2.31. The van der Waals surface area contributed by atoms with Gasteiger partial charge in [0.2, 0.25) is 0 Å². The lowest BCUT2D eigenvalue weighted by Crippen LogP contribution is -2.25. The normalized spacial score (nSPS) is 12.1. The summed E-state index contributed by atoms with van der Waals surface area (Å²) in [4.78, 5) is 21.2. The van der Waals surface area contributed by atoms with E-state index in [-0.39, 0.29) is 23.4 Å². The smallest absolute Gasteiger partial charge is 0.279 e. The Morgan fingerprint density at radius 2 is 1.77 bits per heavy atom. The van der Waals surface area contributed by atoms with Crippen molar-refractivity contribution in [1.29, 1.82) is 0 Å². The Bertz CT molecular complexity index is 510. The molecular weight excluding hydrogens is 290 g/mol. The van der Waals surface area contributed by atoms with Gasteiger partial charge in [0, 0.05) is 18.7 Å². The van der Waals surface area contributed by atoms with E-state index in [1.807, 2.05) is 0 Å². The van der Waals surface area contributed by atoms with Crippen LogP contribution >= 0.6 is 0 Å². The van der Waals surface area contributed by atoms with Gasteiger partial charge in [-0.2, -0.15) is 0 Å². The molecule has 0 amide bonds. The topological polar surface area (TPSA) is 119 Å². The van der Waals surface area contributed by atoms with Gasteiger partial charge in [-0.25, -0.2) is 0 Å². The Morgan fingerprint density at radius 3 is 2.18 bits per heavy atom. The lowest BCUT2D eigenvalue weighted by Gasteiger charge is -2.08. The Hall–Kier alpha value is -2.06. The first-order valence-corrected chi connectivity index (χ1v) is 7.20. The van der Waals surface area contributed by atoms with E-state index in [1.165, 1.54) is 12.1 Å². The number of benzene rings is 1. The molecule has 2 N–H and O–H groups in total. The number of hydrogen-bond acceptors (Lipinski definition) is 6. The van der Waals surface area contributed by atoms with E-state index in [0.29, 0.717) is 31.5 Å². The van der Waals surface area contributed by atoms with Gasteiger partial charge in [-0.15, -0.1) is 0 Å². The fraction of sp³-hybridized carbons (Fsp3) is 0.571. The van der Waals surface area contributed by atoms with Gasteiger partial charge in [0.25, 0.3) is 11.4 Å². The molecule has 122 valence electrons. The molecule has 0 saturated carbocycles. The molecule has 1 unspecified atom stereocenters. The number of aryl methyl sites for hydroxylation is 1. The van der Waals surface area contributed by atoms with Crippen molar-refractivity contribution in [3.8, 4) is 0 Å². The average Bonchev–Trinajstić information content (AvgIpc) is 2.45. The van der Waals surface area contributed by atoms with Crippen molar-refractivity contribution in [3.05, 3.63) is 43.5 Å². The van der Waals surface area contributed by atoms with Gasteiger partial charge in [-0.3, -0.25) is 20.2 Å². The summed E-state index contributed by atoms with van der Waals surface area (Å²) in [6.45, 7) is 4.38. The highest BCUT2D eigenvalue weighted by atomic mass is 16.6. The number of nitro benzene ring substituents is 2. The zero-order chi connectivity index (χ0) is 16.7. The maximum atomic E-state index is 11.2. The van der Waals surface area contributed by atoms with Gasteiger partial charge < -0.3 is 10.4 Å². The highest BCUT2D eigenvalue weighted by Gasteiger charge is 2.25. The Kier molecular flexibility index (Phi) is 6.87. The molecule has 1 aromatic carbocycles. The fourth-order valence-electron chi connectivity index (χ4n) is 2.19. The number of aliphatic hydroxyl groups excluding tert-OH is 1. The third-order valence-electron chi connectivity index (χ3n) is 3.28. The van der Waals surface area contributed by atoms with Crippen LogP contribution in [0.1, 0.15) is 31.4 Å². The van der Waals surface area contributed by atoms with Gasteiger partial charge >= 0.3 is 0 Å². The summed E-state index contributed by atoms with van der Waals surface area (Å²) in [6, 6.07) is 2.82. The van der Waals surface area contributed by atoms with E-state index in [4.69, 9.17) is 5.11 Å². The molecule has 0 saturated heterocycles. The van der Waals surface area contributed by atoms with Crippen LogP contribution in [0.3, 0.4) is 0 Å². The lowest BCUT2D eigenvalue weighted by atomic mass is 10.0. The molecule has 0 radical (unpaired) electrons. The third-order valence-corrected chi connectivity index (χ3v) is 3.28. The fourth-order valence-corrected chi connectivity index (χ4v) is 2.19. The molecule has 0 aliphatic rings. The van der Waals surface area contributed by atoms with Crippen LogP contribution in [0.4, 0.5) is 11.4 Å². The van der Waals surface area contributed by atoms with Crippen LogP contribution in [0.2, 0.25) is 0 Å². The summed E-state index contributed by atoms with van der Waals surface area (Å²) in [5.74, 6) is 0. The van der Waals surface area contributed by atoms with Crippen LogP contribution in [0.25, 0.3) is 0 Å². The van der Waals surface area contributed by atoms with Crippen molar-refractivity contribution in [2.75, 3.05) is 13.1 Å². The first kappa shape index (κ1) is 18.0. The van der Waals surface area contributed by atoms with Gasteiger partial charge in [-0.1, -0.05) is 6.92 Å². The van der Waals surface area contributed by atoms with E-state index in [2.05, 4.69) is 5.32 Å². The quantitative estimate of drug-likeness (QED) is 0.409. The molecule has 0 aliphatic carbocycles. The maximum absolute atomic E-state index is 11.2. The van der Waals surface area contributed by atoms with Crippen LogP contribution in [-0.4, -0.2) is 34.1 Å². The number of hydrogen-bond donors (Lipinski definition) is 2. The maximum Gasteiger partial charge on any atom is 0.279 e. The number of nitro groups is 2. The molecule has 8 nitrogen and oxygen atoms in total. The summed E-state index contributed by atoms with van der Waals surface area (Å²) < 4.78 is 0. The molecule has 0 aromatic heterocycles. The van der Waals surface area contributed by atoms with Crippen molar-refractivity contribution in [2.45, 2.75) is 39.2 Å². The predicted octanol–water partition coefficient (Wildman–Crippen LogP) is 1.97. The van der Waals surface area contributed by atoms with Crippen molar-refractivity contribution < 1.29 is 15.0 Å². The number of nitrogens with one attached hydrogen (secondary N) is 1. The van der Waals surface area contributed by atoms with Crippen LogP contribution in [0.15, 0.2) is 12.1 Å². The minimum Gasteiger partial charge on any atom is -0.392 e. The zero-order valence-electron chi connectivity index (χ0n) is 12.7. The Balaban J connectivity index is 2.94. The Labute approximate surface area is 128 Å². The van der Waals surface area contributed by atoms with Crippen molar-refractivity contribution in [2.24, 2.45) is 0 Å². The van der Waals surface area contributed by atoms with Crippen LogP contribution in [-0.2, 0) is 12.8 Å². The summed E-state index contributed by atoms with van der Waals surface area (Å²) in [6.07, 6.45) is 0.772. The molecule has 8 heteroatoms. The SMILES string of the molecule is CCc1cc([N+](=O)[O-])c(CCCNCC(C)O)c([N+](=O)[O-])c1. The summed E-state index contributed by atoms with van der Waals surface area (Å²) in [7, 11) is 0. The third kappa shape index (κ3) is 5.05. The van der Waals surface area contributed by atoms with Gasteiger partial charge in [0.1, 0.15) is 5.56 Å². The van der Waals surface area contributed by atoms with Gasteiger partial charge in [-0.05, 0) is 38.3 Å². The molecule has 0 heterocycles. The lowest BCUT2D eigenvalue weighted by molar-refractivity contribution is -0.395. The first-order valence-electron chi connectivity index (χ1n) is 7.20. The number of nitrogens with zero attached hydrogens (tertiary/aromatic N) is 2. The zero-order valence-corrected chi connectivity index (χ0v) is 12.7. The van der Waals surface area contributed by atoms with E-state index < -0.39 is 16.0 Å². The van der Waals surface area contributed by atoms with Crippen molar-refractivity contribution >= 4 is 11.4 Å². The first-order chi connectivity index (χ1) is 10.4. The minimum atomic E-state index is -0.565.